The summed E-state index contributed by atoms with van der Waals surface area (Å²) in [5.74, 6) is -0.970. The second kappa shape index (κ2) is 17.9. The van der Waals surface area contributed by atoms with Crippen molar-refractivity contribution >= 4 is 11.9 Å². The zero-order chi connectivity index (χ0) is 21.9. The van der Waals surface area contributed by atoms with Gasteiger partial charge in [-0.3, -0.25) is 0 Å². The maximum atomic E-state index is 12.2. The number of carbonyl (C=O) groups is 2. The number of ether oxygens (including phenoxy) is 2. The highest BCUT2D eigenvalue weighted by molar-refractivity contribution is 5.91. The minimum atomic E-state index is -0.487. The lowest BCUT2D eigenvalue weighted by molar-refractivity contribution is 0.0482. The highest BCUT2D eigenvalue weighted by Gasteiger charge is 2.14. The first-order chi connectivity index (χ1) is 14.7. The molecule has 1 aromatic rings. The Kier molecular flexibility index (Phi) is 15.6. The van der Waals surface area contributed by atoms with Crippen LogP contribution in [0.2, 0.25) is 0 Å². The van der Waals surface area contributed by atoms with Gasteiger partial charge in [0, 0.05) is 0 Å². The number of hydrogen-bond acceptors (Lipinski definition) is 5. The molecule has 0 amide bonds. The van der Waals surface area contributed by atoms with Crippen molar-refractivity contribution in [2.24, 2.45) is 0 Å². The van der Waals surface area contributed by atoms with Gasteiger partial charge in [-0.2, -0.15) is 0 Å². The average Bonchev–Trinajstić information content (AvgIpc) is 2.77. The molecule has 0 bridgehead atoms. The molecular formula is C25H41NO4. The van der Waals surface area contributed by atoms with Crippen LogP contribution in [0.1, 0.15) is 125 Å². The molecule has 0 fully saturated rings. The maximum Gasteiger partial charge on any atom is 0.356 e. The summed E-state index contributed by atoms with van der Waals surface area (Å²) in [5.41, 5.74) is 0.310. The Hall–Kier alpha value is -1.91. The van der Waals surface area contributed by atoms with E-state index in [1.165, 1.54) is 57.8 Å². The van der Waals surface area contributed by atoms with Crippen LogP contribution in [0.15, 0.2) is 18.2 Å². The van der Waals surface area contributed by atoms with Gasteiger partial charge in [-0.1, -0.05) is 97.0 Å². The molecule has 0 unspecified atom stereocenters. The molecule has 1 aromatic heterocycles. The minimum absolute atomic E-state index is 0.154. The quantitative estimate of drug-likeness (QED) is 0.191. The van der Waals surface area contributed by atoms with Crippen molar-refractivity contribution in [1.82, 2.24) is 4.98 Å². The monoisotopic (exact) mass is 419 g/mol. The van der Waals surface area contributed by atoms with E-state index < -0.39 is 11.9 Å². The third-order valence-corrected chi connectivity index (χ3v) is 5.13. The van der Waals surface area contributed by atoms with Crippen molar-refractivity contribution in [3.63, 3.8) is 0 Å². The predicted octanol–water partition coefficient (Wildman–Crippen LogP) is 6.90. The summed E-state index contributed by atoms with van der Waals surface area (Å²) in [6.45, 7) is 5.18. The third kappa shape index (κ3) is 12.6. The van der Waals surface area contributed by atoms with Gasteiger partial charge in [-0.15, -0.1) is 0 Å². The van der Waals surface area contributed by atoms with E-state index in [2.05, 4.69) is 18.8 Å². The van der Waals surface area contributed by atoms with Crippen molar-refractivity contribution in [1.29, 1.82) is 0 Å². The molecule has 1 heterocycles. The largest absolute Gasteiger partial charge is 0.461 e. The van der Waals surface area contributed by atoms with Gasteiger partial charge in [0.05, 0.1) is 13.2 Å². The van der Waals surface area contributed by atoms with E-state index in [1.807, 2.05) is 0 Å². The standard InChI is InChI=1S/C25H41NO4/c1-3-5-7-9-10-11-12-14-16-21-30-25(28)23-19-17-18-22(26-23)24(27)29-20-15-13-8-6-4-2/h17-19H,3-16,20-21H2,1-2H3. The molecule has 170 valence electrons. The molecule has 0 atom stereocenters. The number of esters is 2. The Bertz CT molecular complexity index is 588. The molecule has 5 nitrogen and oxygen atoms in total. The first kappa shape index (κ1) is 26.1. The zero-order valence-corrected chi connectivity index (χ0v) is 19.1. The fourth-order valence-corrected chi connectivity index (χ4v) is 3.26. The molecular weight excluding hydrogens is 378 g/mol. The maximum absolute atomic E-state index is 12.2. The van der Waals surface area contributed by atoms with Crippen LogP contribution in [0.4, 0.5) is 0 Å². The summed E-state index contributed by atoms with van der Waals surface area (Å²) in [5, 5.41) is 0. The number of nitrogens with zero attached hydrogens (tertiary/aromatic N) is 1. The third-order valence-electron chi connectivity index (χ3n) is 5.13. The van der Waals surface area contributed by atoms with E-state index in [1.54, 1.807) is 18.2 Å². The highest BCUT2D eigenvalue weighted by Crippen LogP contribution is 2.10. The number of aromatic nitrogens is 1. The molecule has 0 N–H and O–H groups in total. The highest BCUT2D eigenvalue weighted by atomic mass is 16.5. The molecule has 0 aromatic carbocycles. The van der Waals surface area contributed by atoms with Gasteiger partial charge in [0.25, 0.3) is 0 Å². The first-order valence-electron chi connectivity index (χ1n) is 12.0. The van der Waals surface area contributed by atoms with Gasteiger partial charge in [0.2, 0.25) is 0 Å². The van der Waals surface area contributed by atoms with Crippen LogP contribution in [-0.4, -0.2) is 30.1 Å². The van der Waals surface area contributed by atoms with Gasteiger partial charge in [-0.05, 0) is 25.0 Å². The van der Waals surface area contributed by atoms with Crippen molar-refractivity contribution < 1.29 is 19.1 Å². The fourth-order valence-electron chi connectivity index (χ4n) is 3.26. The molecule has 0 radical (unpaired) electrons. The van der Waals surface area contributed by atoms with Crippen molar-refractivity contribution in [3.05, 3.63) is 29.6 Å². The lowest BCUT2D eigenvalue weighted by Gasteiger charge is -2.07. The Morgan fingerprint density at radius 2 is 1.00 bits per heavy atom. The molecule has 5 heteroatoms. The first-order valence-corrected chi connectivity index (χ1v) is 12.0. The Labute approximate surface area is 183 Å². The van der Waals surface area contributed by atoms with E-state index in [9.17, 15) is 9.59 Å². The summed E-state index contributed by atoms with van der Waals surface area (Å²) in [7, 11) is 0. The summed E-state index contributed by atoms with van der Waals surface area (Å²) in [6.07, 6.45) is 16.4. The van der Waals surface area contributed by atoms with Gasteiger partial charge >= 0.3 is 11.9 Å². The minimum Gasteiger partial charge on any atom is -0.461 e. The Balaban J connectivity index is 2.20. The smallest absolute Gasteiger partial charge is 0.356 e. The van der Waals surface area contributed by atoms with Gasteiger partial charge in [-0.25, -0.2) is 14.6 Å². The van der Waals surface area contributed by atoms with Crippen LogP contribution < -0.4 is 0 Å². The zero-order valence-electron chi connectivity index (χ0n) is 19.1. The fraction of sp³-hybridized carbons (Fsp3) is 0.720. The van der Waals surface area contributed by atoms with Crippen molar-refractivity contribution in [2.75, 3.05) is 13.2 Å². The summed E-state index contributed by atoms with van der Waals surface area (Å²) in [4.78, 5) is 28.4. The second-order valence-electron chi connectivity index (χ2n) is 7.92. The molecule has 0 aliphatic carbocycles. The molecule has 0 spiro atoms. The molecule has 30 heavy (non-hydrogen) atoms. The summed E-state index contributed by atoms with van der Waals surface area (Å²) in [6, 6.07) is 4.77. The number of carbonyl (C=O) groups excluding carboxylic acids is 2. The van der Waals surface area contributed by atoms with Crippen LogP contribution in [-0.2, 0) is 9.47 Å². The van der Waals surface area contributed by atoms with Crippen LogP contribution in [0.3, 0.4) is 0 Å². The number of hydrogen-bond donors (Lipinski definition) is 0. The van der Waals surface area contributed by atoms with Crippen molar-refractivity contribution in [3.8, 4) is 0 Å². The SMILES string of the molecule is CCCCCCCCCCCOC(=O)c1cccc(C(=O)OCCCCCCC)n1. The number of pyridine rings is 1. The predicted molar refractivity (Wildman–Crippen MR) is 121 cm³/mol. The Morgan fingerprint density at radius 1 is 0.633 bits per heavy atom. The van der Waals surface area contributed by atoms with E-state index in [0.29, 0.717) is 13.2 Å². The van der Waals surface area contributed by atoms with Gasteiger partial charge < -0.3 is 9.47 Å². The number of unbranched alkanes of at least 4 members (excludes halogenated alkanes) is 12. The van der Waals surface area contributed by atoms with E-state index in [0.717, 1.165) is 32.1 Å². The lowest BCUT2D eigenvalue weighted by atomic mass is 10.1. The molecule has 1 rings (SSSR count). The normalized spacial score (nSPS) is 10.7. The van der Waals surface area contributed by atoms with Gasteiger partial charge in [0.1, 0.15) is 11.4 Å². The Morgan fingerprint density at radius 3 is 1.40 bits per heavy atom. The van der Waals surface area contributed by atoms with Crippen LogP contribution in [0.25, 0.3) is 0 Å². The molecule has 0 aliphatic rings. The van der Waals surface area contributed by atoms with E-state index in [-0.39, 0.29) is 11.4 Å². The number of rotatable bonds is 18. The second-order valence-corrected chi connectivity index (χ2v) is 7.92. The molecule has 0 saturated heterocycles. The summed E-state index contributed by atoms with van der Waals surface area (Å²) >= 11 is 0. The molecule has 0 saturated carbocycles. The van der Waals surface area contributed by atoms with Crippen LogP contribution in [0, 0.1) is 0 Å². The molecule has 0 aliphatic heterocycles. The van der Waals surface area contributed by atoms with Crippen LogP contribution >= 0.6 is 0 Å². The van der Waals surface area contributed by atoms with Crippen LogP contribution in [0.5, 0.6) is 0 Å². The lowest BCUT2D eigenvalue weighted by Crippen LogP contribution is -2.13. The summed E-state index contributed by atoms with van der Waals surface area (Å²) < 4.78 is 10.6. The average molecular weight is 420 g/mol. The van der Waals surface area contributed by atoms with E-state index >= 15 is 0 Å². The topological polar surface area (TPSA) is 65.5 Å². The van der Waals surface area contributed by atoms with E-state index in [4.69, 9.17) is 9.47 Å². The van der Waals surface area contributed by atoms with Crippen molar-refractivity contribution in [2.45, 2.75) is 104 Å². The van der Waals surface area contributed by atoms with Gasteiger partial charge in [0.15, 0.2) is 0 Å².